The van der Waals surface area contributed by atoms with E-state index in [1.165, 1.54) is 31.3 Å². The molecule has 0 aliphatic heterocycles. The number of nitrogen functional groups attached to an aromatic ring is 1. The number of fused-ring (bicyclic) bond motifs is 1. The van der Waals surface area contributed by atoms with E-state index in [0.717, 1.165) is 0 Å². The van der Waals surface area contributed by atoms with Gasteiger partial charge in [0.2, 0.25) is 11.9 Å². The lowest BCUT2D eigenvalue weighted by atomic mass is 10.2. The van der Waals surface area contributed by atoms with Crippen LogP contribution >= 0.6 is 11.8 Å². The number of carbonyl (C=O) groups is 1. The third-order valence-corrected chi connectivity index (χ3v) is 4.46. The second-order valence-corrected chi connectivity index (χ2v) is 6.45. The molecule has 0 radical (unpaired) electrons. The van der Waals surface area contributed by atoms with Crippen LogP contribution in [0.15, 0.2) is 29.6 Å². The van der Waals surface area contributed by atoms with Crippen LogP contribution in [-0.4, -0.2) is 43.3 Å². The van der Waals surface area contributed by atoms with Gasteiger partial charge >= 0.3 is 0 Å². The molecule has 3 rings (SSSR count). The summed E-state index contributed by atoms with van der Waals surface area (Å²) in [6, 6.07) is 4.58. The Morgan fingerprint density at radius 3 is 3.00 bits per heavy atom. The number of anilines is 2. The van der Waals surface area contributed by atoms with Crippen LogP contribution in [0.25, 0.3) is 11.2 Å². The van der Waals surface area contributed by atoms with Gasteiger partial charge < -0.3 is 25.9 Å². The normalized spacial score (nSPS) is 12.1. The number of ether oxygens (including phenoxy) is 1. The summed E-state index contributed by atoms with van der Waals surface area (Å²) in [5.74, 6) is 0.141. The average Bonchev–Trinajstić information content (AvgIpc) is 3.04. The Balaban J connectivity index is 1.75. The number of aromatic nitrogens is 4. The number of H-pyrrole nitrogens is 1. The van der Waals surface area contributed by atoms with Gasteiger partial charge in [-0.25, -0.2) is 9.97 Å². The number of nitrogens with zero attached hydrogens (tertiary/aromatic N) is 3. The fourth-order valence-electron chi connectivity index (χ4n) is 2.13. The molecule has 1 aromatic carbocycles. The molecule has 9 nitrogen and oxygen atoms in total. The van der Waals surface area contributed by atoms with Crippen LogP contribution in [0, 0.1) is 0 Å². The molecule has 1 unspecified atom stereocenters. The Morgan fingerprint density at radius 1 is 1.44 bits per heavy atom. The van der Waals surface area contributed by atoms with Gasteiger partial charge in [-0.1, -0.05) is 11.8 Å². The first kappa shape index (κ1) is 16.8. The van der Waals surface area contributed by atoms with E-state index in [1.807, 2.05) is 0 Å². The number of amides is 1. The third kappa shape index (κ3) is 3.58. The highest BCUT2D eigenvalue weighted by molar-refractivity contribution is 8.00. The molecule has 0 aliphatic carbocycles. The molecule has 0 spiro atoms. The average molecular weight is 360 g/mol. The largest absolute Gasteiger partial charge is 0.504 e. The van der Waals surface area contributed by atoms with Gasteiger partial charge in [-0.05, 0) is 19.1 Å². The number of imidazole rings is 1. The van der Waals surface area contributed by atoms with Gasteiger partial charge in [0.25, 0.3) is 0 Å². The van der Waals surface area contributed by atoms with Gasteiger partial charge in [0.15, 0.2) is 17.1 Å². The molecule has 0 saturated carbocycles. The Bertz CT molecular complexity index is 929. The summed E-state index contributed by atoms with van der Waals surface area (Å²) in [4.78, 5) is 27.6. The number of carbonyl (C=O) groups excluding carboxylic acids is 1. The number of rotatable bonds is 5. The summed E-state index contributed by atoms with van der Waals surface area (Å²) >= 11 is 1.24. The minimum Gasteiger partial charge on any atom is -0.504 e. The summed E-state index contributed by atoms with van der Waals surface area (Å²) in [6.07, 6.45) is 1.50. The Morgan fingerprint density at radius 2 is 2.24 bits per heavy atom. The molecular weight excluding hydrogens is 344 g/mol. The minimum atomic E-state index is -0.458. The molecule has 0 aliphatic rings. The van der Waals surface area contributed by atoms with Gasteiger partial charge in [0.05, 0.1) is 18.7 Å². The predicted molar refractivity (Wildman–Crippen MR) is 94.7 cm³/mol. The molecule has 0 fully saturated rings. The molecule has 2 heterocycles. The summed E-state index contributed by atoms with van der Waals surface area (Å²) in [5, 5.41) is 12.5. The molecule has 3 aromatic rings. The van der Waals surface area contributed by atoms with Crippen LogP contribution in [-0.2, 0) is 4.79 Å². The number of benzene rings is 1. The number of phenolic OH excluding ortho intramolecular Hbond substituents is 1. The van der Waals surface area contributed by atoms with Gasteiger partial charge in [0, 0.05) is 11.8 Å². The van der Waals surface area contributed by atoms with Crippen molar-refractivity contribution in [2.24, 2.45) is 0 Å². The topological polar surface area (TPSA) is 139 Å². The zero-order valence-corrected chi connectivity index (χ0v) is 14.3. The highest BCUT2D eigenvalue weighted by atomic mass is 32.2. The zero-order valence-electron chi connectivity index (χ0n) is 13.5. The van der Waals surface area contributed by atoms with Crippen molar-refractivity contribution < 1.29 is 14.6 Å². The first-order chi connectivity index (χ1) is 12.0. The molecule has 1 atom stereocenters. The van der Waals surface area contributed by atoms with Crippen molar-refractivity contribution in [3.05, 3.63) is 24.5 Å². The third-order valence-electron chi connectivity index (χ3n) is 3.37. The van der Waals surface area contributed by atoms with Crippen molar-refractivity contribution in [3.63, 3.8) is 0 Å². The second-order valence-electron chi connectivity index (χ2n) is 5.12. The van der Waals surface area contributed by atoms with E-state index >= 15 is 0 Å². The molecule has 25 heavy (non-hydrogen) atoms. The molecule has 5 N–H and O–H groups in total. The number of nitrogens with two attached hydrogens (primary N) is 1. The van der Waals surface area contributed by atoms with Gasteiger partial charge in [-0.15, -0.1) is 0 Å². The van der Waals surface area contributed by atoms with Crippen LogP contribution in [0.2, 0.25) is 0 Å². The summed E-state index contributed by atoms with van der Waals surface area (Å²) in [6.45, 7) is 1.75. The number of thioether (sulfide) groups is 1. The first-order valence-corrected chi connectivity index (χ1v) is 8.17. The molecule has 2 aromatic heterocycles. The quantitative estimate of drug-likeness (QED) is 0.307. The van der Waals surface area contributed by atoms with Gasteiger partial charge in [-0.2, -0.15) is 4.98 Å². The Labute approximate surface area is 147 Å². The van der Waals surface area contributed by atoms with Crippen molar-refractivity contribution >= 4 is 40.5 Å². The standard InChI is InChI=1S/C15H16N6O3S/c1-7(13(23)19-8-3-4-9(22)10(5-8)24-2)25-14-11-12(18-6-17-11)20-15(16)21-14/h3-7,22H,1-2H3,(H,19,23)(H3,16,17,18,20,21). The van der Waals surface area contributed by atoms with Crippen molar-refractivity contribution in [3.8, 4) is 11.5 Å². The number of nitrogens with one attached hydrogen (secondary N) is 2. The van der Waals surface area contributed by atoms with Crippen molar-refractivity contribution in [2.75, 3.05) is 18.2 Å². The lowest BCUT2D eigenvalue weighted by Gasteiger charge is -2.13. The van der Waals surface area contributed by atoms with Crippen molar-refractivity contribution in [2.45, 2.75) is 17.2 Å². The Hall–Kier alpha value is -3.01. The van der Waals surface area contributed by atoms with E-state index in [9.17, 15) is 9.90 Å². The van der Waals surface area contributed by atoms with Crippen LogP contribution in [0.4, 0.5) is 11.6 Å². The van der Waals surface area contributed by atoms with E-state index in [2.05, 4.69) is 25.3 Å². The van der Waals surface area contributed by atoms with E-state index in [4.69, 9.17) is 10.5 Å². The van der Waals surface area contributed by atoms with Gasteiger partial charge in [-0.3, -0.25) is 4.79 Å². The van der Waals surface area contributed by atoms with Crippen LogP contribution < -0.4 is 15.8 Å². The minimum absolute atomic E-state index is 0.000945. The molecule has 0 saturated heterocycles. The monoisotopic (exact) mass is 360 g/mol. The maximum absolute atomic E-state index is 12.4. The fourth-order valence-corrected chi connectivity index (χ4v) is 3.04. The fraction of sp³-hybridized carbons (Fsp3) is 0.200. The number of hydrogen-bond donors (Lipinski definition) is 4. The van der Waals surface area contributed by atoms with E-state index in [-0.39, 0.29) is 23.4 Å². The van der Waals surface area contributed by atoms with Crippen molar-refractivity contribution in [1.82, 2.24) is 19.9 Å². The van der Waals surface area contributed by atoms with E-state index in [0.29, 0.717) is 21.9 Å². The van der Waals surface area contributed by atoms with E-state index in [1.54, 1.807) is 19.1 Å². The SMILES string of the molecule is COc1cc(NC(=O)C(C)Sc2nc(N)nc3nc[nH]c23)ccc1O. The second kappa shape index (κ2) is 6.85. The number of methoxy groups -OCH3 is 1. The highest BCUT2D eigenvalue weighted by Crippen LogP contribution is 2.30. The highest BCUT2D eigenvalue weighted by Gasteiger charge is 2.19. The van der Waals surface area contributed by atoms with Gasteiger partial charge in [0.1, 0.15) is 10.5 Å². The lowest BCUT2D eigenvalue weighted by molar-refractivity contribution is -0.115. The number of aromatic amines is 1. The smallest absolute Gasteiger partial charge is 0.237 e. The lowest BCUT2D eigenvalue weighted by Crippen LogP contribution is -2.22. The zero-order chi connectivity index (χ0) is 18.0. The summed E-state index contributed by atoms with van der Waals surface area (Å²) < 4.78 is 5.03. The number of hydrogen-bond acceptors (Lipinski definition) is 8. The van der Waals surface area contributed by atoms with Crippen molar-refractivity contribution in [1.29, 1.82) is 0 Å². The number of phenols is 1. The van der Waals surface area contributed by atoms with E-state index < -0.39 is 5.25 Å². The summed E-state index contributed by atoms with van der Waals surface area (Å²) in [7, 11) is 1.44. The molecule has 1 amide bonds. The van der Waals surface area contributed by atoms with Crippen LogP contribution in [0.3, 0.4) is 0 Å². The molecular formula is C15H16N6O3S. The first-order valence-electron chi connectivity index (χ1n) is 7.29. The van der Waals surface area contributed by atoms with Crippen LogP contribution in [0.1, 0.15) is 6.92 Å². The molecule has 10 heteroatoms. The predicted octanol–water partition coefficient (Wildman–Crippen LogP) is 1.77. The van der Waals surface area contributed by atoms with Crippen LogP contribution in [0.5, 0.6) is 11.5 Å². The molecule has 0 bridgehead atoms. The number of aromatic hydroxyl groups is 1. The molecule has 130 valence electrons. The maximum atomic E-state index is 12.4. The summed E-state index contributed by atoms with van der Waals surface area (Å²) in [5.41, 5.74) is 7.27. The Kier molecular flexibility index (Phi) is 4.61. The maximum Gasteiger partial charge on any atom is 0.237 e.